The Hall–Kier alpha value is -9.55. The predicted octanol–water partition coefficient (Wildman–Crippen LogP) is 15.8. The normalized spacial score (nSPS) is 11.2. The van der Waals surface area contributed by atoms with Gasteiger partial charge in [-0.3, -0.25) is 0 Å². The molecule has 10 aromatic carbocycles. The Kier molecular flexibility index (Phi) is 9.87. The van der Waals surface area contributed by atoms with E-state index >= 15 is 0 Å². The Morgan fingerprint density at radius 2 is 0.691 bits per heavy atom. The van der Waals surface area contributed by atoms with Gasteiger partial charge in [0.05, 0.1) is 23.3 Å². The molecule has 0 unspecified atom stereocenters. The fraction of sp³-hybridized carbons (Fsp3) is 0. The Labute approximate surface area is 394 Å². The van der Waals surface area contributed by atoms with Crippen LogP contribution < -0.4 is 0 Å². The SMILES string of the molecule is N#Cc1ccc(-c2ccc(-c3nc(-c4ccccc4)nc(-c4ccccc4-c4ccc(-c5ccc(C#N)cc5-c5ccc(-c6cc7c8c(cccc8c6)-c6ccccc6-7)cc5)cc4)n3)cc2)cc1. The lowest BCUT2D eigenvalue weighted by Crippen LogP contribution is -2.01. The van der Waals surface area contributed by atoms with Crippen LogP contribution in [0.4, 0.5) is 0 Å². The van der Waals surface area contributed by atoms with Crippen LogP contribution in [0, 0.1) is 22.7 Å². The fourth-order valence-electron chi connectivity index (χ4n) is 9.58. The number of benzene rings is 10. The monoisotopic (exact) mass is 863 g/mol. The molecule has 1 aliphatic carbocycles. The van der Waals surface area contributed by atoms with Gasteiger partial charge in [-0.2, -0.15) is 10.5 Å². The molecule has 1 aromatic heterocycles. The van der Waals surface area contributed by atoms with Crippen LogP contribution in [0.3, 0.4) is 0 Å². The lowest BCUT2D eigenvalue weighted by Gasteiger charge is -2.14. The van der Waals surface area contributed by atoms with E-state index in [9.17, 15) is 10.5 Å². The molecular weight excluding hydrogens is 827 g/mol. The van der Waals surface area contributed by atoms with E-state index in [0.29, 0.717) is 28.6 Å². The van der Waals surface area contributed by atoms with Crippen molar-refractivity contribution in [3.63, 3.8) is 0 Å². The van der Waals surface area contributed by atoms with Crippen molar-refractivity contribution in [2.45, 2.75) is 0 Å². The summed E-state index contributed by atoms with van der Waals surface area (Å²) in [4.78, 5) is 15.2. The first-order valence-corrected chi connectivity index (χ1v) is 22.5. The third kappa shape index (κ3) is 7.18. The van der Waals surface area contributed by atoms with Gasteiger partial charge in [0.25, 0.3) is 0 Å². The van der Waals surface area contributed by atoms with Gasteiger partial charge in [-0.15, -0.1) is 0 Å². The van der Waals surface area contributed by atoms with Crippen molar-refractivity contribution in [2.24, 2.45) is 0 Å². The minimum absolute atomic E-state index is 0.572. The number of nitriles is 2. The van der Waals surface area contributed by atoms with Crippen LogP contribution in [0.2, 0.25) is 0 Å². The maximum Gasteiger partial charge on any atom is 0.164 e. The molecule has 0 saturated carbocycles. The lowest BCUT2D eigenvalue weighted by molar-refractivity contribution is 1.07. The molecule has 0 spiro atoms. The quantitative estimate of drug-likeness (QED) is 0.152. The summed E-state index contributed by atoms with van der Waals surface area (Å²) in [5, 5.41) is 21.8. The first-order valence-electron chi connectivity index (χ1n) is 22.5. The van der Waals surface area contributed by atoms with Crippen molar-refractivity contribution in [1.29, 1.82) is 10.5 Å². The molecule has 0 N–H and O–H groups in total. The number of hydrogen-bond acceptors (Lipinski definition) is 5. The molecule has 12 rings (SSSR count). The van der Waals surface area contributed by atoms with Gasteiger partial charge in [-0.05, 0) is 125 Å². The molecule has 5 nitrogen and oxygen atoms in total. The largest absolute Gasteiger partial charge is 0.208 e. The van der Waals surface area contributed by atoms with E-state index in [1.165, 1.54) is 38.6 Å². The van der Waals surface area contributed by atoms with Gasteiger partial charge in [-0.25, -0.2) is 15.0 Å². The summed E-state index contributed by atoms with van der Waals surface area (Å²) in [5.74, 6) is 1.73. The van der Waals surface area contributed by atoms with Gasteiger partial charge in [-0.1, -0.05) is 188 Å². The zero-order valence-corrected chi connectivity index (χ0v) is 36.6. The highest BCUT2D eigenvalue weighted by Gasteiger charge is 2.22. The summed E-state index contributed by atoms with van der Waals surface area (Å²) in [5.41, 5.74) is 19.5. The summed E-state index contributed by atoms with van der Waals surface area (Å²) >= 11 is 0. The van der Waals surface area contributed by atoms with Gasteiger partial charge >= 0.3 is 0 Å². The van der Waals surface area contributed by atoms with Crippen molar-refractivity contribution >= 4 is 10.8 Å². The maximum absolute atomic E-state index is 10.0. The molecule has 5 heteroatoms. The third-order valence-corrected chi connectivity index (χ3v) is 13.0. The minimum atomic E-state index is 0.572. The first kappa shape index (κ1) is 40.0. The molecule has 0 saturated heterocycles. The van der Waals surface area contributed by atoms with Crippen LogP contribution in [0.1, 0.15) is 11.1 Å². The van der Waals surface area contributed by atoms with Gasteiger partial charge < -0.3 is 0 Å². The van der Waals surface area contributed by atoms with E-state index in [1.54, 1.807) is 0 Å². The Bertz CT molecular complexity index is 3820. The highest BCUT2D eigenvalue weighted by molar-refractivity contribution is 6.16. The molecule has 1 aliphatic rings. The molecule has 0 bridgehead atoms. The lowest BCUT2D eigenvalue weighted by atomic mass is 9.90. The number of fused-ring (bicyclic) bond motifs is 3. The summed E-state index contributed by atoms with van der Waals surface area (Å²) in [6.07, 6.45) is 0. The highest BCUT2D eigenvalue weighted by atomic mass is 15.0. The van der Waals surface area contributed by atoms with Gasteiger partial charge in [0.15, 0.2) is 17.5 Å². The van der Waals surface area contributed by atoms with E-state index in [-0.39, 0.29) is 0 Å². The summed E-state index contributed by atoms with van der Waals surface area (Å²) in [6, 6.07) is 81.7. The topological polar surface area (TPSA) is 86.2 Å². The molecule has 1 heterocycles. The number of nitrogens with zero attached hydrogens (tertiary/aromatic N) is 5. The van der Waals surface area contributed by atoms with Crippen molar-refractivity contribution in [1.82, 2.24) is 15.0 Å². The smallest absolute Gasteiger partial charge is 0.164 e. The van der Waals surface area contributed by atoms with Crippen molar-refractivity contribution in [2.75, 3.05) is 0 Å². The number of aromatic nitrogens is 3. The zero-order chi connectivity index (χ0) is 45.6. The zero-order valence-electron chi connectivity index (χ0n) is 36.6. The molecule has 11 aromatic rings. The van der Waals surface area contributed by atoms with E-state index in [1.807, 2.05) is 91.0 Å². The Morgan fingerprint density at radius 3 is 1.32 bits per heavy atom. The van der Waals surface area contributed by atoms with E-state index < -0.39 is 0 Å². The van der Waals surface area contributed by atoms with Crippen molar-refractivity contribution < 1.29 is 0 Å². The second-order valence-corrected chi connectivity index (χ2v) is 17.0. The summed E-state index contributed by atoms with van der Waals surface area (Å²) in [6.45, 7) is 0. The van der Waals surface area contributed by atoms with Crippen LogP contribution in [0.25, 0.3) is 123 Å². The Morgan fingerprint density at radius 1 is 0.250 bits per heavy atom. The highest BCUT2D eigenvalue weighted by Crippen LogP contribution is 2.49. The fourth-order valence-corrected chi connectivity index (χ4v) is 9.58. The van der Waals surface area contributed by atoms with Crippen LogP contribution in [-0.2, 0) is 0 Å². The summed E-state index contributed by atoms with van der Waals surface area (Å²) < 4.78 is 0. The van der Waals surface area contributed by atoms with E-state index in [2.05, 4.69) is 146 Å². The second kappa shape index (κ2) is 16.8. The second-order valence-electron chi connectivity index (χ2n) is 17.0. The molecule has 0 fully saturated rings. The molecule has 0 atom stereocenters. The Balaban J connectivity index is 0.877. The molecule has 0 aliphatic heterocycles. The molecule has 0 amide bonds. The summed E-state index contributed by atoms with van der Waals surface area (Å²) in [7, 11) is 0. The van der Waals surface area contributed by atoms with Crippen molar-refractivity contribution in [3.05, 3.63) is 236 Å². The number of hydrogen-bond donors (Lipinski definition) is 0. The minimum Gasteiger partial charge on any atom is -0.208 e. The van der Waals surface area contributed by atoms with Crippen molar-refractivity contribution in [3.8, 4) is 124 Å². The molecule has 314 valence electrons. The van der Waals surface area contributed by atoms with Crippen LogP contribution in [0.5, 0.6) is 0 Å². The third-order valence-electron chi connectivity index (χ3n) is 13.0. The van der Waals surface area contributed by atoms with Gasteiger partial charge in [0.2, 0.25) is 0 Å². The predicted molar refractivity (Wildman–Crippen MR) is 275 cm³/mol. The standard InChI is InChI=1S/C63H37N5/c64-38-40-17-20-42(21-18-40)43-24-32-49(33-25-43)62-66-61(48-9-2-1-3-10-48)67-63(68-62)57-15-7-4-12-52(57)45-28-30-46(31-29-45)53-34-19-41(39-65)35-58(53)47-26-22-44(23-27-47)51-36-50-11-8-16-56-54-13-5-6-14-55(54)59(37-51)60(50)56/h1-37H. The van der Waals surface area contributed by atoms with Crippen LogP contribution >= 0.6 is 0 Å². The van der Waals surface area contributed by atoms with Gasteiger partial charge in [0, 0.05) is 16.7 Å². The molecule has 68 heavy (non-hydrogen) atoms. The maximum atomic E-state index is 10.0. The number of rotatable bonds is 8. The van der Waals surface area contributed by atoms with Crippen LogP contribution in [-0.4, -0.2) is 15.0 Å². The van der Waals surface area contributed by atoms with E-state index in [4.69, 9.17) is 15.0 Å². The molecular formula is C63H37N5. The average Bonchev–Trinajstić information content (AvgIpc) is 3.75. The van der Waals surface area contributed by atoms with Gasteiger partial charge in [0.1, 0.15) is 0 Å². The average molecular weight is 864 g/mol. The van der Waals surface area contributed by atoms with E-state index in [0.717, 1.165) is 66.8 Å². The molecule has 0 radical (unpaired) electrons. The first-order chi connectivity index (χ1) is 33.6. The van der Waals surface area contributed by atoms with Crippen LogP contribution in [0.15, 0.2) is 224 Å².